The molecule has 0 aliphatic heterocycles. The molecule has 0 spiro atoms. The minimum atomic E-state index is 0.901. The summed E-state index contributed by atoms with van der Waals surface area (Å²) in [5, 5.41) is 3.41. The molecule has 3 nitrogen and oxygen atoms in total. The van der Waals surface area contributed by atoms with Crippen molar-refractivity contribution in [2.45, 2.75) is 33.4 Å². The second kappa shape index (κ2) is 5.98. The number of hydrogen-bond acceptors (Lipinski definition) is 3. The summed E-state index contributed by atoms with van der Waals surface area (Å²) >= 11 is 1.85. The maximum atomic E-state index is 4.23. The minimum absolute atomic E-state index is 0.901. The number of aryl methyl sites for hydroxylation is 1. The Balaban J connectivity index is 1.98. The molecule has 2 heterocycles. The summed E-state index contributed by atoms with van der Waals surface area (Å²) in [4.78, 5) is 6.98. The summed E-state index contributed by atoms with van der Waals surface area (Å²) in [6.07, 6.45) is 5.03. The standard InChI is InChI=1S/C13H19N3S/c1-3-6-14-7-12-8-15-10-16(12)9-13-5-4-11(2)17-13/h4-5,8,10,14H,3,6-7,9H2,1-2H3. The smallest absolute Gasteiger partial charge is 0.0952 e. The maximum absolute atomic E-state index is 4.23. The van der Waals surface area contributed by atoms with Gasteiger partial charge in [-0.25, -0.2) is 4.98 Å². The zero-order chi connectivity index (χ0) is 12.1. The molecule has 0 aliphatic rings. The van der Waals surface area contributed by atoms with Crippen LogP contribution in [0.2, 0.25) is 0 Å². The zero-order valence-corrected chi connectivity index (χ0v) is 11.3. The Labute approximate surface area is 107 Å². The molecule has 2 aromatic heterocycles. The van der Waals surface area contributed by atoms with Crippen molar-refractivity contribution in [3.8, 4) is 0 Å². The van der Waals surface area contributed by atoms with Crippen molar-refractivity contribution in [1.82, 2.24) is 14.9 Å². The molecule has 0 aliphatic carbocycles. The Hall–Kier alpha value is -1.13. The van der Waals surface area contributed by atoms with Crippen LogP contribution in [0.25, 0.3) is 0 Å². The number of aromatic nitrogens is 2. The molecule has 1 N–H and O–H groups in total. The summed E-state index contributed by atoms with van der Waals surface area (Å²) in [6.45, 7) is 7.22. The van der Waals surface area contributed by atoms with Crippen LogP contribution in [-0.4, -0.2) is 16.1 Å². The van der Waals surface area contributed by atoms with Crippen LogP contribution in [-0.2, 0) is 13.1 Å². The lowest BCUT2D eigenvalue weighted by Crippen LogP contribution is -2.16. The quantitative estimate of drug-likeness (QED) is 0.798. The third-order valence-electron chi connectivity index (χ3n) is 2.65. The molecule has 0 saturated carbocycles. The molecule has 92 valence electrons. The molecule has 0 fully saturated rings. The molecule has 0 radical (unpaired) electrons. The summed E-state index contributed by atoms with van der Waals surface area (Å²) in [7, 11) is 0. The number of nitrogens with zero attached hydrogens (tertiary/aromatic N) is 2. The Morgan fingerprint density at radius 2 is 2.29 bits per heavy atom. The van der Waals surface area contributed by atoms with Gasteiger partial charge in [-0.3, -0.25) is 0 Å². The molecule has 0 saturated heterocycles. The molecule has 17 heavy (non-hydrogen) atoms. The van der Waals surface area contributed by atoms with Crippen LogP contribution in [0.15, 0.2) is 24.7 Å². The van der Waals surface area contributed by atoms with Crippen LogP contribution in [0.1, 0.15) is 28.8 Å². The molecular weight excluding hydrogens is 230 g/mol. The van der Waals surface area contributed by atoms with E-state index in [-0.39, 0.29) is 0 Å². The van der Waals surface area contributed by atoms with Crippen molar-refractivity contribution in [3.05, 3.63) is 40.1 Å². The first-order valence-electron chi connectivity index (χ1n) is 6.04. The summed E-state index contributed by atoms with van der Waals surface area (Å²) in [5.41, 5.74) is 1.25. The first kappa shape index (κ1) is 12.3. The van der Waals surface area contributed by atoms with Crippen molar-refractivity contribution in [2.24, 2.45) is 0 Å². The highest BCUT2D eigenvalue weighted by Gasteiger charge is 2.03. The van der Waals surface area contributed by atoms with Crippen LogP contribution in [0, 0.1) is 6.92 Å². The van der Waals surface area contributed by atoms with E-state index in [1.165, 1.54) is 15.4 Å². The van der Waals surface area contributed by atoms with Gasteiger partial charge in [0.25, 0.3) is 0 Å². The van der Waals surface area contributed by atoms with E-state index in [1.54, 1.807) is 0 Å². The highest BCUT2D eigenvalue weighted by molar-refractivity contribution is 7.11. The molecule has 0 aromatic carbocycles. The van der Waals surface area contributed by atoms with Crippen LogP contribution in [0.4, 0.5) is 0 Å². The maximum Gasteiger partial charge on any atom is 0.0952 e. The first-order chi connectivity index (χ1) is 8.29. The van der Waals surface area contributed by atoms with E-state index in [9.17, 15) is 0 Å². The lowest BCUT2D eigenvalue weighted by Gasteiger charge is -2.07. The number of rotatable bonds is 6. The lowest BCUT2D eigenvalue weighted by atomic mass is 10.4. The predicted octanol–water partition coefficient (Wildman–Crippen LogP) is 2.80. The number of hydrogen-bond donors (Lipinski definition) is 1. The van der Waals surface area contributed by atoms with Crippen LogP contribution in [0.5, 0.6) is 0 Å². The number of nitrogens with one attached hydrogen (secondary N) is 1. The van der Waals surface area contributed by atoms with Gasteiger partial charge < -0.3 is 9.88 Å². The Morgan fingerprint density at radius 3 is 3.00 bits per heavy atom. The highest BCUT2D eigenvalue weighted by Crippen LogP contribution is 2.17. The third-order valence-corrected chi connectivity index (χ3v) is 3.64. The van der Waals surface area contributed by atoms with Gasteiger partial charge in [-0.15, -0.1) is 11.3 Å². The lowest BCUT2D eigenvalue weighted by molar-refractivity contribution is 0.632. The van der Waals surface area contributed by atoms with Crippen LogP contribution < -0.4 is 5.32 Å². The van der Waals surface area contributed by atoms with Crippen molar-refractivity contribution < 1.29 is 0 Å². The van der Waals surface area contributed by atoms with Gasteiger partial charge in [-0.1, -0.05) is 6.92 Å². The molecule has 0 unspecified atom stereocenters. The van der Waals surface area contributed by atoms with E-state index in [4.69, 9.17) is 0 Å². The Kier molecular flexibility index (Phi) is 4.34. The Bertz CT molecular complexity index is 459. The van der Waals surface area contributed by atoms with Gasteiger partial charge in [0.1, 0.15) is 0 Å². The van der Waals surface area contributed by atoms with Crippen molar-refractivity contribution in [3.63, 3.8) is 0 Å². The molecule has 2 rings (SSSR count). The van der Waals surface area contributed by atoms with Gasteiger partial charge in [-0.2, -0.15) is 0 Å². The second-order valence-electron chi connectivity index (χ2n) is 4.20. The van der Waals surface area contributed by atoms with Crippen molar-refractivity contribution in [2.75, 3.05) is 6.54 Å². The van der Waals surface area contributed by atoms with E-state index in [1.807, 2.05) is 23.9 Å². The second-order valence-corrected chi connectivity index (χ2v) is 5.57. The van der Waals surface area contributed by atoms with Gasteiger partial charge in [0.15, 0.2) is 0 Å². The van der Waals surface area contributed by atoms with Gasteiger partial charge in [0.05, 0.1) is 18.6 Å². The fraction of sp³-hybridized carbons (Fsp3) is 0.462. The molecule has 0 amide bonds. The first-order valence-corrected chi connectivity index (χ1v) is 6.86. The average molecular weight is 249 g/mol. The normalized spacial score (nSPS) is 10.9. The Morgan fingerprint density at radius 1 is 1.41 bits per heavy atom. The number of thiophene rings is 1. The minimum Gasteiger partial charge on any atom is -0.328 e. The van der Waals surface area contributed by atoms with E-state index >= 15 is 0 Å². The van der Waals surface area contributed by atoms with Crippen LogP contribution >= 0.6 is 11.3 Å². The van der Waals surface area contributed by atoms with Gasteiger partial charge in [0, 0.05) is 22.5 Å². The monoisotopic (exact) mass is 249 g/mol. The molecule has 0 atom stereocenters. The summed E-state index contributed by atoms with van der Waals surface area (Å²) in [5.74, 6) is 0. The van der Waals surface area contributed by atoms with Gasteiger partial charge in [0.2, 0.25) is 0 Å². The van der Waals surface area contributed by atoms with E-state index < -0.39 is 0 Å². The van der Waals surface area contributed by atoms with Crippen LogP contribution in [0.3, 0.4) is 0 Å². The molecule has 0 bridgehead atoms. The van der Waals surface area contributed by atoms with Gasteiger partial charge in [-0.05, 0) is 32.0 Å². The third kappa shape index (κ3) is 3.41. The van der Waals surface area contributed by atoms with E-state index in [2.05, 4.69) is 40.8 Å². The van der Waals surface area contributed by atoms with Gasteiger partial charge >= 0.3 is 0 Å². The van der Waals surface area contributed by atoms with E-state index in [0.717, 1.165) is 26.1 Å². The largest absolute Gasteiger partial charge is 0.328 e. The SMILES string of the molecule is CCCNCc1cncn1Cc1ccc(C)s1. The number of imidazole rings is 1. The van der Waals surface area contributed by atoms with E-state index in [0.29, 0.717) is 0 Å². The fourth-order valence-electron chi connectivity index (χ4n) is 1.77. The summed E-state index contributed by atoms with van der Waals surface area (Å²) < 4.78 is 2.22. The molecule has 2 aromatic rings. The molecule has 4 heteroatoms. The average Bonchev–Trinajstić information content (AvgIpc) is 2.90. The molecular formula is C13H19N3S. The summed E-state index contributed by atoms with van der Waals surface area (Å²) in [6, 6.07) is 4.37. The topological polar surface area (TPSA) is 29.9 Å². The van der Waals surface area contributed by atoms with Crippen molar-refractivity contribution in [1.29, 1.82) is 0 Å². The highest BCUT2D eigenvalue weighted by atomic mass is 32.1. The fourth-order valence-corrected chi connectivity index (χ4v) is 2.66. The van der Waals surface area contributed by atoms with Crippen molar-refractivity contribution >= 4 is 11.3 Å². The predicted molar refractivity (Wildman–Crippen MR) is 72.4 cm³/mol. The zero-order valence-electron chi connectivity index (χ0n) is 10.4.